The van der Waals surface area contributed by atoms with Crippen LogP contribution in [0.5, 0.6) is 0 Å². The van der Waals surface area contributed by atoms with Crippen molar-refractivity contribution in [2.24, 2.45) is 0 Å². The van der Waals surface area contributed by atoms with Gasteiger partial charge in [-0.1, -0.05) is 36.4 Å². The number of anilines is 2. The maximum atomic E-state index is 13.7. The minimum Gasteiger partial charge on any atom is -0.375 e. The molecule has 0 bridgehead atoms. The molecule has 1 fully saturated rings. The summed E-state index contributed by atoms with van der Waals surface area (Å²) in [5, 5.41) is 2.78. The largest absolute Gasteiger partial charge is 0.375 e. The Morgan fingerprint density at radius 3 is 2.49 bits per heavy atom. The van der Waals surface area contributed by atoms with Gasteiger partial charge in [0, 0.05) is 63.8 Å². The summed E-state index contributed by atoms with van der Waals surface area (Å²) in [6, 6.07) is 20.7. The summed E-state index contributed by atoms with van der Waals surface area (Å²) < 4.78 is 18.6. The van der Waals surface area contributed by atoms with Gasteiger partial charge in [0.15, 0.2) is 0 Å². The van der Waals surface area contributed by atoms with E-state index in [2.05, 4.69) is 10.2 Å². The Bertz CT molecular complexity index is 1320. The highest BCUT2D eigenvalue weighted by Crippen LogP contribution is 2.28. The third-order valence-corrected chi connectivity index (χ3v) is 6.59. The lowest BCUT2D eigenvalue weighted by molar-refractivity contribution is -0.119. The second kappa shape index (κ2) is 13.0. The van der Waals surface area contributed by atoms with Gasteiger partial charge < -0.3 is 24.8 Å². The fourth-order valence-electron chi connectivity index (χ4n) is 4.69. The van der Waals surface area contributed by atoms with Crippen molar-refractivity contribution in [3.63, 3.8) is 0 Å². The van der Waals surface area contributed by atoms with Gasteiger partial charge in [0.1, 0.15) is 12.4 Å². The Morgan fingerprint density at radius 2 is 1.74 bits per heavy atom. The predicted octanol–water partition coefficient (Wildman–Crippen LogP) is 4.04. The SMILES string of the molecule is COCC(=O)Nc1ccc(N2CCCN(C(=O)c3cccc(F)c3)CC2)c(C(=O)N(C)Cc2ccccc2)c1. The highest BCUT2D eigenvalue weighted by molar-refractivity contribution is 6.02. The van der Waals surface area contributed by atoms with Gasteiger partial charge in [0.25, 0.3) is 11.8 Å². The Kier molecular flexibility index (Phi) is 9.27. The molecule has 204 valence electrons. The van der Waals surface area contributed by atoms with E-state index in [0.29, 0.717) is 56.0 Å². The molecule has 0 saturated carbocycles. The molecular formula is C30H33FN4O4. The van der Waals surface area contributed by atoms with Crippen molar-refractivity contribution in [1.82, 2.24) is 9.80 Å². The van der Waals surface area contributed by atoms with Crippen molar-refractivity contribution in [3.05, 3.63) is 95.3 Å². The molecule has 9 heteroatoms. The minimum absolute atomic E-state index is 0.0970. The van der Waals surface area contributed by atoms with Crippen molar-refractivity contribution in [1.29, 1.82) is 0 Å². The molecule has 0 aromatic heterocycles. The molecule has 1 aliphatic rings. The molecule has 1 heterocycles. The second-order valence-corrected chi connectivity index (χ2v) is 9.50. The Labute approximate surface area is 228 Å². The van der Waals surface area contributed by atoms with Crippen LogP contribution in [0.2, 0.25) is 0 Å². The van der Waals surface area contributed by atoms with E-state index in [-0.39, 0.29) is 24.3 Å². The highest BCUT2D eigenvalue weighted by Gasteiger charge is 2.25. The van der Waals surface area contributed by atoms with Crippen LogP contribution >= 0.6 is 0 Å². The maximum Gasteiger partial charge on any atom is 0.256 e. The number of hydrogen-bond acceptors (Lipinski definition) is 5. The quantitative estimate of drug-likeness (QED) is 0.474. The summed E-state index contributed by atoms with van der Waals surface area (Å²) in [5.74, 6) is -1.17. The molecule has 8 nitrogen and oxygen atoms in total. The Morgan fingerprint density at radius 1 is 0.949 bits per heavy atom. The minimum atomic E-state index is -0.447. The number of halogens is 1. The number of nitrogens with zero attached hydrogens (tertiary/aromatic N) is 3. The lowest BCUT2D eigenvalue weighted by Gasteiger charge is -2.28. The average molecular weight is 533 g/mol. The number of benzene rings is 3. The third kappa shape index (κ3) is 7.20. The first-order valence-electron chi connectivity index (χ1n) is 12.9. The fourth-order valence-corrected chi connectivity index (χ4v) is 4.69. The summed E-state index contributed by atoms with van der Waals surface area (Å²) in [4.78, 5) is 44.3. The number of amides is 3. The van der Waals surface area contributed by atoms with Crippen LogP contribution in [0.15, 0.2) is 72.8 Å². The van der Waals surface area contributed by atoms with Crippen molar-refractivity contribution in [2.45, 2.75) is 13.0 Å². The van der Waals surface area contributed by atoms with Gasteiger partial charge in [-0.15, -0.1) is 0 Å². The molecule has 1 N–H and O–H groups in total. The van der Waals surface area contributed by atoms with Gasteiger partial charge in [-0.05, 0) is 48.4 Å². The van der Waals surface area contributed by atoms with Crippen LogP contribution in [0.4, 0.5) is 15.8 Å². The number of rotatable bonds is 8. The van der Waals surface area contributed by atoms with Gasteiger partial charge in [0.2, 0.25) is 5.91 Å². The smallest absolute Gasteiger partial charge is 0.256 e. The molecule has 0 spiro atoms. The number of ether oxygens (including phenoxy) is 1. The van der Waals surface area contributed by atoms with Gasteiger partial charge in [-0.3, -0.25) is 14.4 Å². The molecule has 1 aliphatic heterocycles. The third-order valence-electron chi connectivity index (χ3n) is 6.59. The molecule has 0 unspecified atom stereocenters. The van der Waals surface area contributed by atoms with E-state index in [1.54, 1.807) is 35.0 Å². The molecule has 0 aliphatic carbocycles. The number of carbonyl (C=O) groups is 3. The van der Waals surface area contributed by atoms with E-state index < -0.39 is 5.82 Å². The lowest BCUT2D eigenvalue weighted by Crippen LogP contribution is -2.36. The van der Waals surface area contributed by atoms with E-state index >= 15 is 0 Å². The zero-order valence-electron chi connectivity index (χ0n) is 22.2. The van der Waals surface area contributed by atoms with Crippen LogP contribution in [-0.2, 0) is 16.1 Å². The molecular weight excluding hydrogens is 499 g/mol. The van der Waals surface area contributed by atoms with Crippen molar-refractivity contribution in [3.8, 4) is 0 Å². The van der Waals surface area contributed by atoms with Crippen LogP contribution in [0.3, 0.4) is 0 Å². The predicted molar refractivity (Wildman–Crippen MR) is 148 cm³/mol. The summed E-state index contributed by atoms with van der Waals surface area (Å²) in [5.41, 5.74) is 2.99. The molecule has 39 heavy (non-hydrogen) atoms. The van der Waals surface area contributed by atoms with Gasteiger partial charge >= 0.3 is 0 Å². The average Bonchev–Trinajstić information content (AvgIpc) is 3.19. The molecule has 0 atom stereocenters. The first-order chi connectivity index (χ1) is 18.9. The van der Waals surface area contributed by atoms with E-state index in [0.717, 1.165) is 11.3 Å². The van der Waals surface area contributed by atoms with Gasteiger partial charge in [0.05, 0.1) is 5.56 Å². The normalized spacial score (nSPS) is 13.5. The Balaban J connectivity index is 1.57. The molecule has 3 aromatic rings. The number of nitrogens with one attached hydrogen (secondary N) is 1. The summed E-state index contributed by atoms with van der Waals surface area (Å²) in [6.45, 7) is 2.41. The summed E-state index contributed by atoms with van der Waals surface area (Å²) in [6.07, 6.45) is 0.681. The second-order valence-electron chi connectivity index (χ2n) is 9.50. The van der Waals surface area contributed by atoms with Crippen LogP contribution in [-0.4, -0.2) is 74.5 Å². The zero-order valence-corrected chi connectivity index (χ0v) is 22.2. The maximum absolute atomic E-state index is 13.7. The standard InChI is InChI=1S/C30H33FN4O4/c1-33(20-22-8-4-3-5-9-22)30(38)26-19-25(32-28(36)21-39-2)12-13-27(26)34-14-7-15-35(17-16-34)29(37)23-10-6-11-24(31)18-23/h3-6,8-13,18-19H,7,14-17,20-21H2,1-2H3,(H,32,36). The number of methoxy groups -OCH3 is 1. The van der Waals surface area contributed by atoms with Gasteiger partial charge in [-0.2, -0.15) is 0 Å². The lowest BCUT2D eigenvalue weighted by atomic mass is 10.1. The monoisotopic (exact) mass is 532 g/mol. The van der Waals surface area contributed by atoms with Crippen LogP contribution in [0.25, 0.3) is 0 Å². The summed E-state index contributed by atoms with van der Waals surface area (Å²) in [7, 11) is 3.19. The molecule has 3 aromatic carbocycles. The van der Waals surface area contributed by atoms with E-state index in [9.17, 15) is 18.8 Å². The van der Waals surface area contributed by atoms with Crippen molar-refractivity contribution < 1.29 is 23.5 Å². The van der Waals surface area contributed by atoms with E-state index in [4.69, 9.17) is 4.74 Å². The van der Waals surface area contributed by atoms with Crippen molar-refractivity contribution in [2.75, 3.05) is 57.2 Å². The van der Waals surface area contributed by atoms with E-state index in [1.165, 1.54) is 25.3 Å². The zero-order chi connectivity index (χ0) is 27.8. The first-order valence-corrected chi connectivity index (χ1v) is 12.9. The molecule has 4 rings (SSSR count). The molecule has 1 saturated heterocycles. The fraction of sp³-hybridized carbons (Fsp3) is 0.300. The molecule has 0 radical (unpaired) electrons. The summed E-state index contributed by atoms with van der Waals surface area (Å²) >= 11 is 0. The van der Waals surface area contributed by atoms with Crippen molar-refractivity contribution >= 4 is 29.1 Å². The number of carbonyl (C=O) groups excluding carboxylic acids is 3. The van der Waals surface area contributed by atoms with Crippen LogP contribution < -0.4 is 10.2 Å². The first kappa shape index (κ1) is 27.8. The Hall–Kier alpha value is -4.24. The topological polar surface area (TPSA) is 82.2 Å². The highest BCUT2D eigenvalue weighted by atomic mass is 19.1. The van der Waals surface area contributed by atoms with E-state index in [1.807, 2.05) is 36.4 Å². The molecule has 3 amide bonds. The van der Waals surface area contributed by atoms with Crippen LogP contribution in [0, 0.1) is 5.82 Å². The van der Waals surface area contributed by atoms with Gasteiger partial charge in [-0.25, -0.2) is 4.39 Å². The van der Waals surface area contributed by atoms with Crippen LogP contribution in [0.1, 0.15) is 32.7 Å². The number of hydrogen-bond donors (Lipinski definition) is 1.